The molecule has 1 unspecified atom stereocenters. The lowest BCUT2D eigenvalue weighted by atomic mass is 10.2. The summed E-state index contributed by atoms with van der Waals surface area (Å²) >= 11 is 0. The molecule has 0 saturated carbocycles. The van der Waals surface area contributed by atoms with E-state index in [9.17, 15) is 22.8 Å². The molecule has 1 amide bonds. The Morgan fingerprint density at radius 1 is 1.25 bits per heavy atom. The predicted octanol–water partition coefficient (Wildman–Crippen LogP) is 2.64. The van der Waals surface area contributed by atoms with Crippen LogP contribution in [0.25, 0.3) is 5.78 Å². The van der Waals surface area contributed by atoms with Crippen LogP contribution in [0.2, 0.25) is 0 Å². The Hall–Kier alpha value is -3.50. The van der Waals surface area contributed by atoms with Gasteiger partial charge in [0.05, 0.1) is 5.56 Å². The van der Waals surface area contributed by atoms with Crippen LogP contribution in [-0.4, -0.2) is 37.6 Å². The molecule has 0 aliphatic heterocycles. The van der Waals surface area contributed by atoms with E-state index >= 15 is 0 Å². The number of nitrogens with one attached hydrogen (secondary N) is 1. The van der Waals surface area contributed by atoms with E-state index in [0.717, 1.165) is 18.2 Å². The topological polar surface area (TPSA) is 98.5 Å². The number of carbonyl (C=O) groups excluding carboxylic acids is 2. The zero-order chi connectivity index (χ0) is 20.5. The lowest BCUT2D eigenvalue weighted by Crippen LogP contribution is -2.30. The van der Waals surface area contributed by atoms with Crippen molar-refractivity contribution in [3.8, 4) is 0 Å². The number of aryl methyl sites for hydroxylation is 1. The van der Waals surface area contributed by atoms with Gasteiger partial charge in [-0.25, -0.2) is 14.3 Å². The second-order valence-electron chi connectivity index (χ2n) is 5.85. The maximum absolute atomic E-state index is 12.7. The number of anilines is 1. The number of fused-ring (bicyclic) bond motifs is 1. The van der Waals surface area contributed by atoms with Gasteiger partial charge in [-0.2, -0.15) is 18.2 Å². The molecule has 0 aliphatic carbocycles. The van der Waals surface area contributed by atoms with Crippen molar-refractivity contribution < 1.29 is 27.5 Å². The number of alkyl halides is 3. The van der Waals surface area contributed by atoms with E-state index < -0.39 is 29.7 Å². The number of carbonyl (C=O) groups is 2. The lowest BCUT2D eigenvalue weighted by molar-refractivity contribution is -0.137. The Morgan fingerprint density at radius 3 is 2.68 bits per heavy atom. The predicted molar refractivity (Wildman–Crippen MR) is 90.5 cm³/mol. The molecule has 0 fully saturated rings. The van der Waals surface area contributed by atoms with Crippen LogP contribution in [0.5, 0.6) is 0 Å². The number of hydrogen-bond acceptors (Lipinski definition) is 6. The summed E-state index contributed by atoms with van der Waals surface area (Å²) in [7, 11) is 0. The lowest BCUT2D eigenvalue weighted by Gasteiger charge is -2.13. The summed E-state index contributed by atoms with van der Waals surface area (Å²) in [5.41, 5.74) is -0.299. The number of halogens is 3. The number of amides is 1. The molecule has 8 nitrogen and oxygen atoms in total. The van der Waals surface area contributed by atoms with Crippen molar-refractivity contribution in [2.75, 3.05) is 5.32 Å². The van der Waals surface area contributed by atoms with Crippen LogP contribution in [-0.2, 0) is 15.7 Å². The van der Waals surface area contributed by atoms with Crippen LogP contribution < -0.4 is 5.32 Å². The van der Waals surface area contributed by atoms with Gasteiger partial charge in [0.1, 0.15) is 0 Å². The van der Waals surface area contributed by atoms with E-state index in [2.05, 4.69) is 20.4 Å². The minimum absolute atomic E-state index is 0.0756. The van der Waals surface area contributed by atoms with Gasteiger partial charge in [-0.1, -0.05) is 6.07 Å². The van der Waals surface area contributed by atoms with Crippen LogP contribution in [0.1, 0.15) is 28.8 Å². The second kappa shape index (κ2) is 7.25. The second-order valence-corrected chi connectivity index (χ2v) is 5.85. The van der Waals surface area contributed by atoms with Crippen molar-refractivity contribution >= 4 is 23.3 Å². The maximum atomic E-state index is 12.7. The van der Waals surface area contributed by atoms with Crippen LogP contribution in [0, 0.1) is 6.92 Å². The largest absolute Gasteiger partial charge is 0.447 e. The number of rotatable bonds is 4. The fraction of sp³-hybridized carbons (Fsp3) is 0.235. The molecule has 0 radical (unpaired) electrons. The fourth-order valence-corrected chi connectivity index (χ4v) is 2.28. The summed E-state index contributed by atoms with van der Waals surface area (Å²) in [6.07, 6.45) is -4.33. The summed E-state index contributed by atoms with van der Waals surface area (Å²) in [6, 6.07) is 5.78. The van der Waals surface area contributed by atoms with Crippen molar-refractivity contribution in [2.24, 2.45) is 0 Å². The van der Waals surface area contributed by atoms with E-state index in [1.54, 1.807) is 13.0 Å². The highest BCUT2D eigenvalue weighted by Gasteiger charge is 2.31. The zero-order valence-corrected chi connectivity index (χ0v) is 14.7. The van der Waals surface area contributed by atoms with Crippen LogP contribution in [0.4, 0.5) is 18.9 Å². The molecule has 0 aliphatic rings. The Morgan fingerprint density at radius 2 is 2.00 bits per heavy atom. The third kappa shape index (κ3) is 4.08. The van der Waals surface area contributed by atoms with Crippen molar-refractivity contribution in [2.45, 2.75) is 26.1 Å². The average molecular weight is 393 g/mol. The first-order valence-corrected chi connectivity index (χ1v) is 8.02. The molecule has 0 spiro atoms. The highest BCUT2D eigenvalue weighted by atomic mass is 19.4. The standard InChI is InChI=1S/C17H14F3N5O3/c1-9-6-7-21-16-23-13(24-25(9)16)15(27)28-10(2)14(26)22-12-5-3-4-11(8-12)17(18,19)20/h3-8,10H,1-2H3,(H,22,26). The molecule has 146 valence electrons. The Balaban J connectivity index is 1.68. The summed E-state index contributed by atoms with van der Waals surface area (Å²) in [6.45, 7) is 3.02. The summed E-state index contributed by atoms with van der Waals surface area (Å²) in [5, 5.41) is 6.23. The molecule has 11 heteroatoms. The summed E-state index contributed by atoms with van der Waals surface area (Å²) in [5.74, 6) is -1.86. The van der Waals surface area contributed by atoms with Gasteiger partial charge in [0.2, 0.25) is 0 Å². The molecule has 3 rings (SSSR count). The van der Waals surface area contributed by atoms with Gasteiger partial charge in [0.15, 0.2) is 6.10 Å². The van der Waals surface area contributed by atoms with E-state index in [4.69, 9.17) is 4.74 Å². The number of aromatic nitrogens is 4. The number of benzene rings is 1. The molecule has 2 aromatic heterocycles. The van der Waals surface area contributed by atoms with E-state index in [-0.39, 0.29) is 17.3 Å². The Labute approximate surface area is 156 Å². The van der Waals surface area contributed by atoms with Gasteiger partial charge < -0.3 is 10.1 Å². The minimum Gasteiger partial charge on any atom is -0.447 e. The van der Waals surface area contributed by atoms with Crippen LogP contribution >= 0.6 is 0 Å². The van der Waals surface area contributed by atoms with E-state index in [1.165, 1.54) is 23.7 Å². The van der Waals surface area contributed by atoms with Gasteiger partial charge in [-0.15, -0.1) is 5.10 Å². The van der Waals surface area contributed by atoms with Gasteiger partial charge >= 0.3 is 12.1 Å². The molecular weight excluding hydrogens is 379 g/mol. The van der Waals surface area contributed by atoms with Gasteiger partial charge in [0.25, 0.3) is 17.5 Å². The van der Waals surface area contributed by atoms with Crippen molar-refractivity contribution in [3.05, 3.63) is 53.6 Å². The SMILES string of the molecule is Cc1ccnc2nc(C(=O)OC(C)C(=O)Nc3cccc(C(F)(F)F)c3)nn12. The third-order valence-corrected chi connectivity index (χ3v) is 3.72. The van der Waals surface area contributed by atoms with E-state index in [0.29, 0.717) is 5.69 Å². The highest BCUT2D eigenvalue weighted by Crippen LogP contribution is 2.30. The average Bonchev–Trinajstić information content (AvgIpc) is 3.07. The fourth-order valence-electron chi connectivity index (χ4n) is 2.28. The number of esters is 1. The quantitative estimate of drug-likeness (QED) is 0.685. The zero-order valence-electron chi connectivity index (χ0n) is 14.7. The Bertz CT molecular complexity index is 1050. The smallest absolute Gasteiger partial charge is 0.416 e. The first kappa shape index (κ1) is 19.3. The van der Waals surface area contributed by atoms with Gasteiger partial charge in [0, 0.05) is 17.6 Å². The molecule has 28 heavy (non-hydrogen) atoms. The first-order chi connectivity index (χ1) is 13.1. The molecule has 0 bridgehead atoms. The normalized spacial score (nSPS) is 12.6. The molecule has 2 heterocycles. The van der Waals surface area contributed by atoms with E-state index in [1.807, 2.05) is 0 Å². The van der Waals surface area contributed by atoms with Gasteiger partial charge in [-0.05, 0) is 38.1 Å². The number of hydrogen-bond donors (Lipinski definition) is 1. The monoisotopic (exact) mass is 393 g/mol. The molecule has 0 saturated heterocycles. The minimum atomic E-state index is -4.54. The molecule has 1 N–H and O–H groups in total. The molecule has 1 aromatic carbocycles. The van der Waals surface area contributed by atoms with Crippen LogP contribution in [0.15, 0.2) is 36.5 Å². The molecule has 3 aromatic rings. The number of ether oxygens (including phenoxy) is 1. The number of nitrogens with zero attached hydrogens (tertiary/aromatic N) is 4. The van der Waals surface area contributed by atoms with Gasteiger partial charge in [-0.3, -0.25) is 4.79 Å². The molecular formula is C17H14F3N5O3. The third-order valence-electron chi connectivity index (χ3n) is 3.72. The van der Waals surface area contributed by atoms with Crippen molar-refractivity contribution in [3.63, 3.8) is 0 Å². The summed E-state index contributed by atoms with van der Waals surface area (Å²) < 4.78 is 44.5. The first-order valence-electron chi connectivity index (χ1n) is 8.02. The van der Waals surface area contributed by atoms with Crippen LogP contribution in [0.3, 0.4) is 0 Å². The maximum Gasteiger partial charge on any atom is 0.416 e. The Kier molecular flexibility index (Phi) is 4.99. The molecule has 1 atom stereocenters. The van der Waals surface area contributed by atoms with Crippen molar-refractivity contribution in [1.82, 2.24) is 19.6 Å². The summed E-state index contributed by atoms with van der Waals surface area (Å²) in [4.78, 5) is 32.2. The highest BCUT2D eigenvalue weighted by molar-refractivity contribution is 5.96. The van der Waals surface area contributed by atoms with Crippen molar-refractivity contribution in [1.29, 1.82) is 0 Å².